The number of anilines is 1. The number of piperazine rings is 1. The molecular weight excluding hydrogens is 356 g/mol. The van der Waals surface area contributed by atoms with Crippen LogP contribution in [0.2, 0.25) is 0 Å². The van der Waals surface area contributed by atoms with Gasteiger partial charge in [-0.15, -0.1) is 0 Å². The molecule has 1 amide bonds. The fourth-order valence-corrected chi connectivity index (χ4v) is 3.10. The number of ketones is 1. The molecule has 1 aliphatic heterocycles. The highest BCUT2D eigenvalue weighted by Gasteiger charge is 2.26. The number of hydrogen-bond donors (Lipinski definition) is 0. The lowest BCUT2D eigenvalue weighted by molar-refractivity contribution is -0.126. The van der Waals surface area contributed by atoms with Crippen LogP contribution < -0.4 is 4.90 Å². The van der Waals surface area contributed by atoms with Gasteiger partial charge >= 0.3 is 0 Å². The van der Waals surface area contributed by atoms with Gasteiger partial charge in [-0.05, 0) is 24.3 Å². The molecule has 0 unspecified atom stereocenters. The van der Waals surface area contributed by atoms with Crippen LogP contribution in [-0.2, 0) is 4.79 Å². The van der Waals surface area contributed by atoms with E-state index >= 15 is 0 Å². The van der Waals surface area contributed by atoms with E-state index in [1.807, 2.05) is 24.3 Å². The molecule has 1 saturated heterocycles. The normalized spacial score (nSPS) is 14.7. The molecule has 1 aliphatic rings. The topological polar surface area (TPSA) is 40.6 Å². The molecule has 5 heteroatoms. The van der Waals surface area contributed by atoms with Crippen LogP contribution in [0.15, 0.2) is 59.1 Å². The van der Waals surface area contributed by atoms with Crippen LogP contribution in [0.25, 0.3) is 0 Å². The maximum Gasteiger partial charge on any atom is 0.295 e. The van der Waals surface area contributed by atoms with Gasteiger partial charge in [0.25, 0.3) is 5.91 Å². The van der Waals surface area contributed by atoms with E-state index in [1.165, 1.54) is 0 Å². The van der Waals surface area contributed by atoms with Crippen LogP contribution in [0.4, 0.5) is 5.69 Å². The standard InChI is InChI=1S/C18H17BrN2O2/c19-15-6-4-5-14(13-15)17(22)18(23)21-11-9-20(10-12-21)16-7-2-1-3-8-16/h1-8,13H,9-12H2. The number of carbonyl (C=O) groups excluding carboxylic acids is 2. The zero-order valence-electron chi connectivity index (χ0n) is 12.6. The molecule has 3 rings (SSSR count). The third-order valence-corrected chi connectivity index (χ3v) is 4.46. The lowest BCUT2D eigenvalue weighted by atomic mass is 10.1. The smallest absolute Gasteiger partial charge is 0.295 e. The number of carbonyl (C=O) groups is 2. The van der Waals surface area contributed by atoms with Crippen LogP contribution in [-0.4, -0.2) is 42.8 Å². The number of Topliss-reactive ketones (excluding diaryl/α,β-unsaturated/α-hetero) is 1. The number of amides is 1. The number of para-hydroxylation sites is 1. The maximum absolute atomic E-state index is 12.4. The highest BCUT2D eigenvalue weighted by atomic mass is 79.9. The molecule has 0 atom stereocenters. The largest absolute Gasteiger partial charge is 0.368 e. The molecule has 2 aromatic carbocycles. The molecule has 0 spiro atoms. The number of hydrogen-bond acceptors (Lipinski definition) is 3. The summed E-state index contributed by atoms with van der Waals surface area (Å²) in [7, 11) is 0. The second kappa shape index (κ2) is 6.96. The Bertz CT molecular complexity index is 710. The molecule has 23 heavy (non-hydrogen) atoms. The molecule has 0 aromatic heterocycles. The summed E-state index contributed by atoms with van der Waals surface area (Å²) < 4.78 is 0.796. The van der Waals surface area contributed by atoms with Crippen molar-refractivity contribution in [3.8, 4) is 0 Å². The van der Waals surface area contributed by atoms with Crippen molar-refractivity contribution in [2.75, 3.05) is 31.1 Å². The van der Waals surface area contributed by atoms with Gasteiger partial charge in [0.2, 0.25) is 5.78 Å². The quantitative estimate of drug-likeness (QED) is 0.614. The first-order valence-corrected chi connectivity index (χ1v) is 8.33. The fraction of sp³-hybridized carbons (Fsp3) is 0.222. The summed E-state index contributed by atoms with van der Waals surface area (Å²) in [6, 6.07) is 17.1. The molecule has 0 radical (unpaired) electrons. The Morgan fingerprint density at radius 1 is 0.870 bits per heavy atom. The number of benzene rings is 2. The van der Waals surface area contributed by atoms with Crippen LogP contribution in [0.5, 0.6) is 0 Å². The molecule has 4 nitrogen and oxygen atoms in total. The van der Waals surface area contributed by atoms with Crippen molar-refractivity contribution < 1.29 is 9.59 Å². The predicted octanol–water partition coefficient (Wildman–Crippen LogP) is 2.98. The van der Waals surface area contributed by atoms with Crippen molar-refractivity contribution in [1.29, 1.82) is 0 Å². The van der Waals surface area contributed by atoms with Gasteiger partial charge in [0.1, 0.15) is 0 Å². The van der Waals surface area contributed by atoms with Crippen molar-refractivity contribution in [3.63, 3.8) is 0 Å². The summed E-state index contributed by atoms with van der Waals surface area (Å²) in [5.41, 5.74) is 1.58. The number of halogens is 1. The zero-order chi connectivity index (χ0) is 16.2. The average Bonchev–Trinajstić information content (AvgIpc) is 2.61. The van der Waals surface area contributed by atoms with Gasteiger partial charge in [0, 0.05) is 41.9 Å². The van der Waals surface area contributed by atoms with E-state index in [-0.39, 0.29) is 0 Å². The molecule has 0 aliphatic carbocycles. The van der Waals surface area contributed by atoms with Gasteiger partial charge < -0.3 is 9.80 Å². The Kier molecular flexibility index (Phi) is 4.76. The van der Waals surface area contributed by atoms with Crippen molar-refractivity contribution in [3.05, 3.63) is 64.6 Å². The van der Waals surface area contributed by atoms with E-state index in [4.69, 9.17) is 0 Å². The van der Waals surface area contributed by atoms with Crippen molar-refractivity contribution >= 4 is 33.3 Å². The zero-order valence-corrected chi connectivity index (χ0v) is 14.2. The summed E-state index contributed by atoms with van der Waals surface area (Å²) >= 11 is 3.33. The van der Waals surface area contributed by atoms with Gasteiger partial charge in [-0.25, -0.2) is 0 Å². The highest BCUT2D eigenvalue weighted by molar-refractivity contribution is 9.10. The Labute approximate surface area is 143 Å². The van der Waals surface area contributed by atoms with Gasteiger partial charge in [-0.2, -0.15) is 0 Å². The van der Waals surface area contributed by atoms with Crippen LogP contribution in [0.3, 0.4) is 0 Å². The summed E-state index contributed by atoms with van der Waals surface area (Å²) in [6.45, 7) is 2.60. The van der Waals surface area contributed by atoms with Gasteiger partial charge in [-0.1, -0.05) is 46.3 Å². The minimum absolute atomic E-state index is 0.421. The van der Waals surface area contributed by atoms with Gasteiger partial charge in [0.05, 0.1) is 0 Å². The lowest BCUT2D eigenvalue weighted by Gasteiger charge is -2.35. The maximum atomic E-state index is 12.4. The molecular formula is C18H17BrN2O2. The Hall–Kier alpha value is -2.14. The van der Waals surface area contributed by atoms with E-state index in [1.54, 1.807) is 23.1 Å². The molecule has 0 N–H and O–H groups in total. The third kappa shape index (κ3) is 3.62. The first-order valence-electron chi connectivity index (χ1n) is 7.54. The second-order valence-corrected chi connectivity index (χ2v) is 6.37. The predicted molar refractivity (Wildman–Crippen MR) is 93.7 cm³/mol. The van der Waals surface area contributed by atoms with Crippen molar-refractivity contribution in [1.82, 2.24) is 4.90 Å². The molecule has 2 aromatic rings. The molecule has 1 fully saturated rings. The average molecular weight is 373 g/mol. The molecule has 1 heterocycles. The Balaban J connectivity index is 1.63. The van der Waals surface area contributed by atoms with Crippen LogP contribution >= 0.6 is 15.9 Å². The van der Waals surface area contributed by atoms with E-state index in [0.29, 0.717) is 18.7 Å². The molecule has 118 valence electrons. The monoisotopic (exact) mass is 372 g/mol. The number of nitrogens with zero attached hydrogens (tertiary/aromatic N) is 2. The Morgan fingerprint density at radius 2 is 1.57 bits per heavy atom. The fourth-order valence-electron chi connectivity index (χ4n) is 2.70. The van der Waals surface area contributed by atoms with E-state index in [2.05, 4.69) is 33.0 Å². The summed E-state index contributed by atoms with van der Waals surface area (Å²) in [4.78, 5) is 28.6. The van der Waals surface area contributed by atoms with Gasteiger partial charge in [0.15, 0.2) is 0 Å². The minimum atomic E-state index is -0.445. The Morgan fingerprint density at radius 3 is 2.22 bits per heavy atom. The van der Waals surface area contributed by atoms with E-state index in [9.17, 15) is 9.59 Å². The third-order valence-electron chi connectivity index (χ3n) is 3.97. The lowest BCUT2D eigenvalue weighted by Crippen LogP contribution is -2.50. The van der Waals surface area contributed by atoms with Crippen molar-refractivity contribution in [2.45, 2.75) is 0 Å². The van der Waals surface area contributed by atoms with Gasteiger partial charge in [-0.3, -0.25) is 9.59 Å². The molecule has 0 bridgehead atoms. The molecule has 0 saturated carbocycles. The first-order chi connectivity index (χ1) is 11.1. The SMILES string of the molecule is O=C(C(=O)N1CCN(c2ccccc2)CC1)c1cccc(Br)c1. The van der Waals surface area contributed by atoms with Crippen LogP contribution in [0.1, 0.15) is 10.4 Å². The second-order valence-electron chi connectivity index (χ2n) is 5.45. The van der Waals surface area contributed by atoms with Crippen molar-refractivity contribution in [2.24, 2.45) is 0 Å². The van der Waals surface area contributed by atoms with E-state index < -0.39 is 11.7 Å². The minimum Gasteiger partial charge on any atom is -0.368 e. The summed E-state index contributed by atoms with van der Waals surface area (Å²) in [5.74, 6) is -0.865. The van der Waals surface area contributed by atoms with Crippen LogP contribution in [0, 0.1) is 0 Å². The van der Waals surface area contributed by atoms with E-state index in [0.717, 1.165) is 23.2 Å². The summed E-state index contributed by atoms with van der Waals surface area (Å²) in [5, 5.41) is 0. The highest BCUT2D eigenvalue weighted by Crippen LogP contribution is 2.17. The summed E-state index contributed by atoms with van der Waals surface area (Å²) in [6.07, 6.45) is 0. The number of rotatable bonds is 3. The first kappa shape index (κ1) is 15.7.